The van der Waals surface area contributed by atoms with Gasteiger partial charge in [-0.25, -0.2) is 4.79 Å². The number of aromatic carboxylic acids is 1. The highest BCUT2D eigenvalue weighted by Crippen LogP contribution is 2.29. The van der Waals surface area contributed by atoms with Gasteiger partial charge in [-0.15, -0.1) is 11.3 Å². The molecule has 16 heavy (non-hydrogen) atoms. The van der Waals surface area contributed by atoms with E-state index in [4.69, 9.17) is 5.11 Å². The van der Waals surface area contributed by atoms with Crippen LogP contribution in [-0.2, 0) is 0 Å². The summed E-state index contributed by atoms with van der Waals surface area (Å²) in [6.07, 6.45) is 0. The van der Waals surface area contributed by atoms with Gasteiger partial charge in [-0.1, -0.05) is 37.3 Å². The van der Waals surface area contributed by atoms with E-state index in [1.807, 2.05) is 48.7 Å². The predicted octanol–water partition coefficient (Wildman–Crippen LogP) is 3.60. The third-order valence-corrected chi connectivity index (χ3v) is 3.57. The van der Waals surface area contributed by atoms with Crippen LogP contribution in [0, 0.1) is 0 Å². The number of hydrogen-bond donors (Lipinski definition) is 1. The van der Waals surface area contributed by atoms with Gasteiger partial charge in [0.15, 0.2) is 0 Å². The molecule has 0 saturated carbocycles. The maximum absolute atomic E-state index is 11.0. The molecule has 1 aromatic carbocycles. The van der Waals surface area contributed by atoms with Gasteiger partial charge in [-0.2, -0.15) is 0 Å². The van der Waals surface area contributed by atoms with Gasteiger partial charge in [0.25, 0.3) is 0 Å². The zero-order chi connectivity index (χ0) is 11.5. The minimum absolute atomic E-state index is 0.124. The van der Waals surface area contributed by atoms with E-state index in [-0.39, 0.29) is 5.92 Å². The lowest BCUT2D eigenvalue weighted by Gasteiger charge is -2.11. The van der Waals surface area contributed by atoms with Crippen molar-refractivity contribution in [2.24, 2.45) is 0 Å². The van der Waals surface area contributed by atoms with Crippen LogP contribution in [0.1, 0.15) is 33.6 Å². The molecule has 0 radical (unpaired) electrons. The molecule has 2 rings (SSSR count). The number of carboxylic acid groups (broad SMARTS) is 1. The van der Waals surface area contributed by atoms with Gasteiger partial charge < -0.3 is 5.11 Å². The molecule has 82 valence electrons. The summed E-state index contributed by atoms with van der Waals surface area (Å²) in [5, 5.41) is 10.9. The first-order valence-electron chi connectivity index (χ1n) is 5.05. The SMILES string of the molecule is C[C@@H](c1ccccc1)c1ccsc1C(=O)O. The topological polar surface area (TPSA) is 37.3 Å². The molecule has 0 amide bonds. The Morgan fingerprint density at radius 1 is 1.25 bits per heavy atom. The molecule has 1 heterocycles. The highest BCUT2D eigenvalue weighted by atomic mass is 32.1. The summed E-state index contributed by atoms with van der Waals surface area (Å²) in [6, 6.07) is 11.8. The zero-order valence-electron chi connectivity index (χ0n) is 8.88. The van der Waals surface area contributed by atoms with Crippen LogP contribution in [0.3, 0.4) is 0 Å². The molecule has 2 nitrogen and oxygen atoms in total. The first-order chi connectivity index (χ1) is 7.70. The molecule has 0 aliphatic rings. The summed E-state index contributed by atoms with van der Waals surface area (Å²) in [5.41, 5.74) is 2.03. The molecule has 0 unspecified atom stereocenters. The Balaban J connectivity index is 2.38. The highest BCUT2D eigenvalue weighted by molar-refractivity contribution is 7.12. The van der Waals surface area contributed by atoms with Crippen molar-refractivity contribution in [2.45, 2.75) is 12.8 Å². The molecule has 1 N–H and O–H groups in total. The Kier molecular flexibility index (Phi) is 3.06. The third kappa shape index (κ3) is 1.99. The molecule has 0 saturated heterocycles. The Bertz CT molecular complexity index is 488. The maximum atomic E-state index is 11.0. The molecule has 0 fully saturated rings. The first-order valence-corrected chi connectivity index (χ1v) is 5.93. The second kappa shape index (κ2) is 4.49. The van der Waals surface area contributed by atoms with Gasteiger partial charge in [0, 0.05) is 5.92 Å². The summed E-state index contributed by atoms with van der Waals surface area (Å²) in [4.78, 5) is 11.5. The van der Waals surface area contributed by atoms with E-state index in [0.717, 1.165) is 11.1 Å². The predicted molar refractivity (Wildman–Crippen MR) is 65.2 cm³/mol. The van der Waals surface area contributed by atoms with Gasteiger partial charge in [0.05, 0.1) is 0 Å². The minimum atomic E-state index is -0.840. The summed E-state index contributed by atoms with van der Waals surface area (Å²) in [5.74, 6) is -0.716. The Hall–Kier alpha value is -1.61. The smallest absolute Gasteiger partial charge is 0.346 e. The fourth-order valence-corrected chi connectivity index (χ4v) is 2.59. The fraction of sp³-hybridized carbons (Fsp3) is 0.154. The van der Waals surface area contributed by atoms with Crippen molar-refractivity contribution in [3.63, 3.8) is 0 Å². The summed E-state index contributed by atoms with van der Waals surface area (Å²) < 4.78 is 0. The Morgan fingerprint density at radius 2 is 1.94 bits per heavy atom. The van der Waals surface area contributed by atoms with Gasteiger partial charge in [0.2, 0.25) is 0 Å². The van der Waals surface area contributed by atoms with Crippen molar-refractivity contribution in [2.75, 3.05) is 0 Å². The quantitative estimate of drug-likeness (QED) is 0.878. The highest BCUT2D eigenvalue weighted by Gasteiger charge is 2.17. The number of hydrogen-bond acceptors (Lipinski definition) is 2. The summed E-state index contributed by atoms with van der Waals surface area (Å²) >= 11 is 1.28. The zero-order valence-corrected chi connectivity index (χ0v) is 9.70. The summed E-state index contributed by atoms with van der Waals surface area (Å²) in [7, 11) is 0. The van der Waals surface area contributed by atoms with Crippen molar-refractivity contribution in [1.82, 2.24) is 0 Å². The summed E-state index contributed by atoms with van der Waals surface area (Å²) in [6.45, 7) is 2.03. The van der Waals surface area contributed by atoms with E-state index >= 15 is 0 Å². The normalized spacial score (nSPS) is 12.3. The lowest BCUT2D eigenvalue weighted by atomic mass is 9.94. The molecule has 0 aliphatic carbocycles. The van der Waals surface area contributed by atoms with Crippen molar-refractivity contribution in [3.05, 3.63) is 57.8 Å². The lowest BCUT2D eigenvalue weighted by Crippen LogP contribution is -2.02. The van der Waals surface area contributed by atoms with Crippen molar-refractivity contribution < 1.29 is 9.90 Å². The lowest BCUT2D eigenvalue weighted by molar-refractivity contribution is 0.0701. The monoisotopic (exact) mass is 232 g/mol. The van der Waals surface area contributed by atoms with E-state index < -0.39 is 5.97 Å². The largest absolute Gasteiger partial charge is 0.477 e. The minimum Gasteiger partial charge on any atom is -0.477 e. The molecular formula is C13H12O2S. The molecule has 2 aromatic rings. The molecule has 1 atom stereocenters. The maximum Gasteiger partial charge on any atom is 0.346 e. The van der Waals surface area contributed by atoms with Crippen molar-refractivity contribution >= 4 is 17.3 Å². The molecule has 0 aliphatic heterocycles. The second-order valence-electron chi connectivity index (χ2n) is 3.64. The van der Waals surface area contributed by atoms with E-state index in [0.29, 0.717) is 4.88 Å². The molecule has 0 spiro atoms. The van der Waals surface area contributed by atoms with Gasteiger partial charge in [0.1, 0.15) is 4.88 Å². The molecule has 0 bridgehead atoms. The number of rotatable bonds is 3. The second-order valence-corrected chi connectivity index (χ2v) is 4.56. The third-order valence-electron chi connectivity index (χ3n) is 2.66. The van der Waals surface area contributed by atoms with Gasteiger partial charge in [-0.05, 0) is 22.6 Å². The van der Waals surface area contributed by atoms with Crippen LogP contribution >= 0.6 is 11.3 Å². The molecular weight excluding hydrogens is 220 g/mol. The average Bonchev–Trinajstić information content (AvgIpc) is 2.78. The van der Waals surface area contributed by atoms with Crippen LogP contribution < -0.4 is 0 Å². The number of carbonyl (C=O) groups is 1. The Morgan fingerprint density at radius 3 is 2.56 bits per heavy atom. The van der Waals surface area contributed by atoms with E-state index in [2.05, 4.69) is 0 Å². The molecule has 3 heteroatoms. The van der Waals surface area contributed by atoms with Crippen LogP contribution in [0.25, 0.3) is 0 Å². The number of thiophene rings is 1. The van der Waals surface area contributed by atoms with Crippen LogP contribution in [0.15, 0.2) is 41.8 Å². The standard InChI is InChI=1S/C13H12O2S/c1-9(10-5-3-2-4-6-10)11-7-8-16-12(11)13(14)15/h2-9H,1H3,(H,14,15)/t9-/m0/s1. The first kappa shape index (κ1) is 10.9. The molecule has 1 aromatic heterocycles. The number of carboxylic acids is 1. The average molecular weight is 232 g/mol. The van der Waals surface area contributed by atoms with Crippen molar-refractivity contribution in [1.29, 1.82) is 0 Å². The van der Waals surface area contributed by atoms with Gasteiger partial charge >= 0.3 is 5.97 Å². The van der Waals surface area contributed by atoms with Gasteiger partial charge in [-0.3, -0.25) is 0 Å². The van der Waals surface area contributed by atoms with E-state index in [1.54, 1.807) is 0 Å². The van der Waals surface area contributed by atoms with Crippen LogP contribution in [-0.4, -0.2) is 11.1 Å². The fourth-order valence-electron chi connectivity index (χ4n) is 1.76. The Labute approximate surface area is 98.2 Å². The van der Waals surface area contributed by atoms with E-state index in [9.17, 15) is 4.79 Å². The number of benzene rings is 1. The van der Waals surface area contributed by atoms with Crippen molar-refractivity contribution in [3.8, 4) is 0 Å². The van der Waals surface area contributed by atoms with Crippen LogP contribution in [0.5, 0.6) is 0 Å². The van der Waals surface area contributed by atoms with Crippen LogP contribution in [0.2, 0.25) is 0 Å². The van der Waals surface area contributed by atoms with E-state index in [1.165, 1.54) is 11.3 Å². The van der Waals surface area contributed by atoms with Crippen LogP contribution in [0.4, 0.5) is 0 Å².